The average molecular weight is 604 g/mol. The first-order valence-electron chi connectivity index (χ1n) is 16.4. The Hall–Kier alpha value is -3.20. The molecule has 2 saturated heterocycles. The number of hydrogen-bond acceptors (Lipinski definition) is 7. The van der Waals surface area contributed by atoms with Gasteiger partial charge in [0, 0.05) is 12.3 Å². The van der Waals surface area contributed by atoms with Gasteiger partial charge in [-0.1, -0.05) is 86.9 Å². The van der Waals surface area contributed by atoms with E-state index < -0.39 is 24.4 Å². The molecule has 44 heavy (non-hydrogen) atoms. The Labute approximate surface area is 260 Å². The molecular formula is C36H45NO7. The van der Waals surface area contributed by atoms with E-state index in [2.05, 4.69) is 30.8 Å². The number of likely N-dealkylation sites (tertiary alicyclic amines) is 1. The monoisotopic (exact) mass is 603 g/mol. The molecule has 1 saturated carbocycles. The molecule has 0 spiro atoms. The lowest BCUT2D eigenvalue weighted by molar-refractivity contribution is -0.224. The van der Waals surface area contributed by atoms with E-state index in [9.17, 15) is 9.59 Å². The SMILES string of the molecule is C=CCOC(=O)[C@@H]1C[C@@H](OC2CCCC(COC3CCCCCC3)O2)CN1C(=O)OCC1c2ccccc2-c2ccccc21. The fraction of sp³-hybridized carbons (Fsp3) is 0.556. The second-order valence-corrected chi connectivity index (χ2v) is 12.5. The molecule has 2 aliphatic heterocycles. The van der Waals surface area contributed by atoms with E-state index >= 15 is 0 Å². The molecule has 2 aromatic carbocycles. The maximum Gasteiger partial charge on any atom is 0.410 e. The second kappa shape index (κ2) is 14.7. The molecule has 2 unspecified atom stereocenters. The molecule has 4 aliphatic rings. The summed E-state index contributed by atoms with van der Waals surface area (Å²) >= 11 is 0. The van der Waals surface area contributed by atoms with Crippen molar-refractivity contribution in [2.75, 3.05) is 26.4 Å². The van der Waals surface area contributed by atoms with Gasteiger partial charge >= 0.3 is 12.1 Å². The molecule has 8 nitrogen and oxygen atoms in total. The summed E-state index contributed by atoms with van der Waals surface area (Å²) in [5.74, 6) is -0.552. The Morgan fingerprint density at radius 1 is 0.841 bits per heavy atom. The van der Waals surface area contributed by atoms with Crippen LogP contribution in [0.4, 0.5) is 4.79 Å². The van der Waals surface area contributed by atoms with E-state index in [1.54, 1.807) is 0 Å². The number of carbonyl (C=O) groups is 2. The fourth-order valence-corrected chi connectivity index (χ4v) is 7.19. The Morgan fingerprint density at radius 3 is 2.25 bits per heavy atom. The highest BCUT2D eigenvalue weighted by atomic mass is 16.7. The molecule has 6 rings (SSSR count). The Bertz CT molecular complexity index is 1240. The third-order valence-corrected chi connectivity index (χ3v) is 9.42. The van der Waals surface area contributed by atoms with Gasteiger partial charge in [0.05, 0.1) is 31.5 Å². The van der Waals surface area contributed by atoms with Crippen molar-refractivity contribution in [3.05, 3.63) is 72.3 Å². The second-order valence-electron chi connectivity index (χ2n) is 12.5. The van der Waals surface area contributed by atoms with Crippen LogP contribution in [0.1, 0.15) is 81.3 Å². The van der Waals surface area contributed by atoms with Crippen LogP contribution in [0, 0.1) is 0 Å². The standard InChI is InChI=1S/C36H45NO7/c1-2-20-40-35(38)33-21-27(44-34-19-11-14-26(43-34)23-41-25-12-5-3-4-6-13-25)22-37(33)36(39)42-24-32-30-17-9-7-15-28(30)29-16-8-10-18-31(29)32/h2,7-10,15-18,25-27,32-34H,1,3-6,11-14,19-24H2/t26?,27-,33+,34?/m1/s1. The van der Waals surface area contributed by atoms with Gasteiger partial charge in [-0.15, -0.1) is 0 Å². The highest BCUT2D eigenvalue weighted by Gasteiger charge is 2.44. The first-order valence-corrected chi connectivity index (χ1v) is 16.4. The highest BCUT2D eigenvalue weighted by Crippen LogP contribution is 2.44. The Morgan fingerprint density at radius 2 is 1.55 bits per heavy atom. The summed E-state index contributed by atoms with van der Waals surface area (Å²) in [6, 6.07) is 15.6. The van der Waals surface area contributed by atoms with Crippen molar-refractivity contribution in [2.45, 2.75) is 101 Å². The van der Waals surface area contributed by atoms with Crippen LogP contribution >= 0.6 is 0 Å². The van der Waals surface area contributed by atoms with Crippen LogP contribution in [0.25, 0.3) is 11.1 Å². The number of hydrogen-bond donors (Lipinski definition) is 0. The van der Waals surface area contributed by atoms with Crippen LogP contribution in [0.15, 0.2) is 61.2 Å². The van der Waals surface area contributed by atoms with E-state index in [0.717, 1.165) is 54.4 Å². The lowest BCUT2D eigenvalue weighted by Crippen LogP contribution is -2.42. The van der Waals surface area contributed by atoms with Crippen LogP contribution < -0.4 is 0 Å². The maximum absolute atomic E-state index is 13.5. The average Bonchev–Trinajstić information content (AvgIpc) is 3.50. The number of esters is 1. The first kappa shape index (κ1) is 30.8. The Kier molecular flexibility index (Phi) is 10.3. The van der Waals surface area contributed by atoms with Crippen molar-refractivity contribution < 1.29 is 33.3 Å². The quantitative estimate of drug-likeness (QED) is 0.169. The molecule has 0 bridgehead atoms. The predicted octanol–water partition coefficient (Wildman–Crippen LogP) is 6.76. The lowest BCUT2D eigenvalue weighted by Gasteiger charge is -2.32. The molecule has 2 heterocycles. The molecule has 0 aromatic heterocycles. The lowest BCUT2D eigenvalue weighted by atomic mass is 9.98. The van der Waals surface area contributed by atoms with Gasteiger partial charge in [-0.3, -0.25) is 4.90 Å². The summed E-state index contributed by atoms with van der Waals surface area (Å²) in [4.78, 5) is 28.0. The number of amides is 1. The zero-order chi connectivity index (χ0) is 30.3. The molecule has 4 atom stereocenters. The van der Waals surface area contributed by atoms with Gasteiger partial charge in [0.2, 0.25) is 0 Å². The van der Waals surface area contributed by atoms with E-state index in [1.807, 2.05) is 24.3 Å². The Balaban J connectivity index is 1.07. The zero-order valence-electron chi connectivity index (χ0n) is 25.6. The summed E-state index contributed by atoms with van der Waals surface area (Å²) in [5, 5.41) is 0. The van der Waals surface area contributed by atoms with Gasteiger partial charge in [-0.25, -0.2) is 9.59 Å². The van der Waals surface area contributed by atoms with E-state index in [0.29, 0.717) is 19.1 Å². The minimum absolute atomic E-state index is 0.00926. The molecule has 0 N–H and O–H groups in total. The number of nitrogens with zero attached hydrogens (tertiary/aromatic N) is 1. The molecule has 3 fully saturated rings. The third-order valence-electron chi connectivity index (χ3n) is 9.42. The van der Waals surface area contributed by atoms with Gasteiger partial charge in [0.25, 0.3) is 0 Å². The number of rotatable bonds is 10. The van der Waals surface area contributed by atoms with E-state index in [4.69, 9.17) is 23.7 Å². The normalized spacial score (nSPS) is 25.6. The fourth-order valence-electron chi connectivity index (χ4n) is 7.19. The van der Waals surface area contributed by atoms with Crippen molar-refractivity contribution in [1.29, 1.82) is 0 Å². The molecule has 1 amide bonds. The van der Waals surface area contributed by atoms with Gasteiger partial charge in [0.15, 0.2) is 6.29 Å². The summed E-state index contributed by atoms with van der Waals surface area (Å²) in [7, 11) is 0. The van der Waals surface area contributed by atoms with Crippen molar-refractivity contribution in [1.82, 2.24) is 4.90 Å². The van der Waals surface area contributed by atoms with Crippen molar-refractivity contribution in [2.24, 2.45) is 0 Å². The number of fused-ring (bicyclic) bond motifs is 3. The largest absolute Gasteiger partial charge is 0.460 e. The number of benzene rings is 2. The van der Waals surface area contributed by atoms with Gasteiger partial charge in [0.1, 0.15) is 19.3 Å². The molecule has 0 radical (unpaired) electrons. The van der Waals surface area contributed by atoms with Crippen molar-refractivity contribution in [3.8, 4) is 11.1 Å². The summed E-state index contributed by atoms with van der Waals surface area (Å²) < 4.78 is 30.2. The van der Waals surface area contributed by atoms with E-state index in [1.165, 1.54) is 36.7 Å². The molecule has 2 aliphatic carbocycles. The topological polar surface area (TPSA) is 83.5 Å². The number of ether oxygens (including phenoxy) is 5. The van der Waals surface area contributed by atoms with Gasteiger partial charge in [-0.2, -0.15) is 0 Å². The van der Waals surface area contributed by atoms with Crippen LogP contribution in [-0.2, 0) is 28.5 Å². The summed E-state index contributed by atoms with van der Waals surface area (Å²) in [6.07, 6.45) is 10.9. The predicted molar refractivity (Wildman–Crippen MR) is 166 cm³/mol. The van der Waals surface area contributed by atoms with Crippen molar-refractivity contribution >= 4 is 12.1 Å². The third kappa shape index (κ3) is 7.19. The first-order chi connectivity index (χ1) is 21.6. The smallest absolute Gasteiger partial charge is 0.410 e. The van der Waals surface area contributed by atoms with Crippen molar-refractivity contribution in [3.63, 3.8) is 0 Å². The maximum atomic E-state index is 13.5. The minimum Gasteiger partial charge on any atom is -0.460 e. The zero-order valence-corrected chi connectivity index (χ0v) is 25.6. The van der Waals surface area contributed by atoms with Crippen LogP contribution in [0.5, 0.6) is 0 Å². The van der Waals surface area contributed by atoms with Crippen LogP contribution in [0.2, 0.25) is 0 Å². The summed E-state index contributed by atoms with van der Waals surface area (Å²) in [6.45, 7) is 4.70. The summed E-state index contributed by atoms with van der Waals surface area (Å²) in [5.41, 5.74) is 4.60. The van der Waals surface area contributed by atoms with E-state index in [-0.39, 0.29) is 37.9 Å². The molecular weight excluding hydrogens is 558 g/mol. The molecule has 2 aromatic rings. The van der Waals surface area contributed by atoms with Gasteiger partial charge in [-0.05, 0) is 54.4 Å². The van der Waals surface area contributed by atoms with Crippen LogP contribution in [-0.4, -0.2) is 74.0 Å². The molecule has 8 heteroatoms. The van der Waals surface area contributed by atoms with Crippen LogP contribution in [0.3, 0.4) is 0 Å². The number of carbonyl (C=O) groups excluding carboxylic acids is 2. The minimum atomic E-state index is -0.798. The van der Waals surface area contributed by atoms with Gasteiger partial charge < -0.3 is 23.7 Å². The highest BCUT2D eigenvalue weighted by molar-refractivity contribution is 5.83. The molecule has 236 valence electrons.